The normalized spacial score (nSPS) is 12.0. The lowest BCUT2D eigenvalue weighted by Crippen LogP contribution is -1.95. The molecular weight excluding hydrogens is 476 g/mol. The molecule has 7 rings (SSSR count). The molecule has 0 bridgehead atoms. The van der Waals surface area contributed by atoms with Gasteiger partial charge in [-0.1, -0.05) is 78.9 Å². The van der Waals surface area contributed by atoms with Crippen molar-refractivity contribution in [3.8, 4) is 22.4 Å². The number of benzene rings is 4. The maximum Gasteiger partial charge on any atom is 0.137 e. The third-order valence-electron chi connectivity index (χ3n) is 7.30. The van der Waals surface area contributed by atoms with Gasteiger partial charge >= 0.3 is 0 Å². The summed E-state index contributed by atoms with van der Waals surface area (Å²) >= 11 is 0. The van der Waals surface area contributed by atoms with Crippen molar-refractivity contribution in [3.63, 3.8) is 0 Å². The highest BCUT2D eigenvalue weighted by molar-refractivity contribution is 6.09. The van der Waals surface area contributed by atoms with Crippen molar-refractivity contribution in [2.24, 2.45) is 4.99 Å². The smallest absolute Gasteiger partial charge is 0.137 e. The molecular formula is C35H26N4. The van der Waals surface area contributed by atoms with Gasteiger partial charge < -0.3 is 0 Å². The fourth-order valence-corrected chi connectivity index (χ4v) is 5.26. The van der Waals surface area contributed by atoms with Crippen LogP contribution in [0.2, 0.25) is 0 Å². The molecule has 0 fully saturated rings. The number of rotatable bonds is 4. The van der Waals surface area contributed by atoms with Crippen molar-refractivity contribution >= 4 is 39.0 Å². The summed E-state index contributed by atoms with van der Waals surface area (Å²) in [6.07, 6.45) is 2.06. The Kier molecular flexibility index (Phi) is 5.52. The van der Waals surface area contributed by atoms with Gasteiger partial charge in [0.2, 0.25) is 0 Å². The van der Waals surface area contributed by atoms with E-state index in [2.05, 4.69) is 97.2 Å². The molecule has 0 saturated carbocycles. The van der Waals surface area contributed by atoms with Crippen LogP contribution < -0.4 is 0 Å². The zero-order valence-electron chi connectivity index (χ0n) is 21.8. The Morgan fingerprint density at radius 1 is 0.692 bits per heavy atom. The van der Waals surface area contributed by atoms with E-state index >= 15 is 0 Å². The van der Waals surface area contributed by atoms with E-state index < -0.39 is 0 Å². The van der Waals surface area contributed by atoms with Crippen LogP contribution in [0.4, 0.5) is 5.69 Å². The van der Waals surface area contributed by atoms with Gasteiger partial charge in [-0.05, 0) is 72.5 Å². The molecule has 4 nitrogen and oxygen atoms in total. The van der Waals surface area contributed by atoms with Crippen LogP contribution >= 0.6 is 0 Å². The maximum absolute atomic E-state index is 5.15. The van der Waals surface area contributed by atoms with Gasteiger partial charge in [-0.3, -0.25) is 9.39 Å². The molecule has 0 aliphatic rings. The minimum Gasteiger partial charge on any atom is -0.298 e. The summed E-state index contributed by atoms with van der Waals surface area (Å²) in [5.41, 5.74) is 12.4. The van der Waals surface area contributed by atoms with Crippen molar-refractivity contribution in [3.05, 3.63) is 133 Å². The lowest BCUT2D eigenvalue weighted by molar-refractivity contribution is 1.22. The highest BCUT2D eigenvalue weighted by Crippen LogP contribution is 2.34. The minimum absolute atomic E-state index is 0.916. The number of aliphatic imine (C=N–C) groups is 1. The van der Waals surface area contributed by atoms with E-state index in [4.69, 9.17) is 15.0 Å². The molecule has 0 spiro atoms. The lowest BCUT2D eigenvalue weighted by atomic mass is 9.98. The van der Waals surface area contributed by atoms with Gasteiger partial charge in [-0.25, -0.2) is 9.97 Å². The standard InChI is InChI=1S/C35H26N4/c1-23-11-3-5-17-30(23)36-24(2)25-12-9-13-26(21-25)27-14-10-15-28(22-27)33-35-34(29-16-4-6-18-31(29)37-33)38-32-19-7-8-20-39(32)35/h3-22H,1-2H3/b36-24+. The van der Waals surface area contributed by atoms with Gasteiger partial charge in [0.1, 0.15) is 11.2 Å². The van der Waals surface area contributed by atoms with Crippen molar-refractivity contribution in [1.82, 2.24) is 14.4 Å². The fraction of sp³-hybridized carbons (Fsp3) is 0.0571. The predicted octanol–water partition coefficient (Wildman–Crippen LogP) is 8.82. The summed E-state index contributed by atoms with van der Waals surface area (Å²) < 4.78 is 2.14. The van der Waals surface area contributed by atoms with Gasteiger partial charge in [-0.2, -0.15) is 0 Å². The summed E-state index contributed by atoms with van der Waals surface area (Å²) in [6, 6.07) is 39.8. The third-order valence-corrected chi connectivity index (χ3v) is 7.30. The first-order valence-corrected chi connectivity index (χ1v) is 13.1. The van der Waals surface area contributed by atoms with E-state index in [1.54, 1.807) is 0 Å². The van der Waals surface area contributed by atoms with Gasteiger partial charge in [0.25, 0.3) is 0 Å². The van der Waals surface area contributed by atoms with E-state index in [1.165, 1.54) is 5.56 Å². The van der Waals surface area contributed by atoms with Crippen molar-refractivity contribution in [2.45, 2.75) is 13.8 Å². The largest absolute Gasteiger partial charge is 0.298 e. The van der Waals surface area contributed by atoms with Crippen LogP contribution in [-0.2, 0) is 0 Å². The summed E-state index contributed by atoms with van der Waals surface area (Å²) in [4.78, 5) is 15.1. The monoisotopic (exact) mass is 502 g/mol. The van der Waals surface area contributed by atoms with Gasteiger partial charge in [0, 0.05) is 22.9 Å². The van der Waals surface area contributed by atoms with Crippen molar-refractivity contribution in [2.75, 3.05) is 0 Å². The molecule has 0 radical (unpaired) electrons. The number of fused-ring (bicyclic) bond motifs is 5. The fourth-order valence-electron chi connectivity index (χ4n) is 5.26. The van der Waals surface area contributed by atoms with E-state index in [-0.39, 0.29) is 0 Å². The average Bonchev–Trinajstić information content (AvgIpc) is 3.38. The molecule has 4 aromatic carbocycles. The second kappa shape index (κ2) is 9.34. The summed E-state index contributed by atoms with van der Waals surface area (Å²) in [5.74, 6) is 0. The van der Waals surface area contributed by atoms with E-state index in [1.807, 2.05) is 42.5 Å². The zero-order valence-corrected chi connectivity index (χ0v) is 21.8. The maximum atomic E-state index is 5.15. The number of imidazole rings is 1. The average molecular weight is 503 g/mol. The van der Waals surface area contributed by atoms with Gasteiger partial charge in [0.05, 0.1) is 22.4 Å². The highest BCUT2D eigenvalue weighted by atomic mass is 15.0. The molecule has 0 atom stereocenters. The van der Waals surface area contributed by atoms with Gasteiger partial charge in [-0.15, -0.1) is 0 Å². The van der Waals surface area contributed by atoms with Crippen molar-refractivity contribution in [1.29, 1.82) is 0 Å². The Labute approximate surface area is 227 Å². The van der Waals surface area contributed by atoms with Gasteiger partial charge in [0.15, 0.2) is 0 Å². The molecule has 0 amide bonds. The first kappa shape index (κ1) is 23.1. The first-order valence-electron chi connectivity index (χ1n) is 13.1. The molecule has 186 valence electrons. The van der Waals surface area contributed by atoms with Crippen LogP contribution in [-0.4, -0.2) is 20.1 Å². The molecule has 4 heteroatoms. The Hall–Kier alpha value is -5.09. The molecule has 0 aliphatic heterocycles. The predicted molar refractivity (Wildman–Crippen MR) is 162 cm³/mol. The van der Waals surface area contributed by atoms with Crippen LogP contribution in [0.5, 0.6) is 0 Å². The Morgan fingerprint density at radius 3 is 2.33 bits per heavy atom. The number of aromatic nitrogens is 3. The molecule has 7 aromatic rings. The van der Waals surface area contributed by atoms with Crippen LogP contribution in [0.3, 0.4) is 0 Å². The van der Waals surface area contributed by atoms with Crippen LogP contribution in [0, 0.1) is 6.92 Å². The number of hydrogen-bond donors (Lipinski definition) is 0. The minimum atomic E-state index is 0.916. The highest BCUT2D eigenvalue weighted by Gasteiger charge is 2.16. The second-order valence-electron chi connectivity index (χ2n) is 9.86. The van der Waals surface area contributed by atoms with Crippen LogP contribution in [0.25, 0.3) is 50.0 Å². The van der Waals surface area contributed by atoms with Crippen molar-refractivity contribution < 1.29 is 0 Å². The number of para-hydroxylation sites is 2. The molecule has 0 N–H and O–H groups in total. The number of aryl methyl sites for hydroxylation is 1. The summed E-state index contributed by atoms with van der Waals surface area (Å²) in [6.45, 7) is 4.16. The second-order valence-corrected chi connectivity index (χ2v) is 9.86. The summed E-state index contributed by atoms with van der Waals surface area (Å²) in [5, 5.41) is 1.06. The van der Waals surface area contributed by atoms with Crippen LogP contribution in [0.15, 0.2) is 126 Å². The van der Waals surface area contributed by atoms with E-state index in [0.29, 0.717) is 0 Å². The molecule has 0 saturated heterocycles. The van der Waals surface area contributed by atoms with E-state index in [0.717, 1.165) is 66.9 Å². The number of pyridine rings is 2. The Morgan fingerprint density at radius 2 is 1.44 bits per heavy atom. The number of hydrogen-bond acceptors (Lipinski definition) is 3. The Balaban J connectivity index is 1.37. The Bertz CT molecular complexity index is 2050. The first-order chi connectivity index (χ1) is 19.2. The summed E-state index contributed by atoms with van der Waals surface area (Å²) in [7, 11) is 0. The molecule has 0 unspecified atom stereocenters. The molecule has 0 aliphatic carbocycles. The quantitative estimate of drug-likeness (QED) is 0.226. The lowest BCUT2D eigenvalue weighted by Gasteiger charge is -2.10. The van der Waals surface area contributed by atoms with Crippen LogP contribution in [0.1, 0.15) is 18.1 Å². The molecule has 3 aromatic heterocycles. The molecule has 39 heavy (non-hydrogen) atoms. The number of nitrogens with zero attached hydrogens (tertiary/aromatic N) is 4. The topological polar surface area (TPSA) is 42.5 Å². The van der Waals surface area contributed by atoms with E-state index in [9.17, 15) is 0 Å². The zero-order chi connectivity index (χ0) is 26.3. The molecule has 3 heterocycles. The SMILES string of the molecule is C/C(=N\c1ccccc1C)c1cccc(-c2cccc(-c3nc4ccccc4c4nc5ccccn5c34)c2)c1. The third kappa shape index (κ3) is 4.07.